The smallest absolute Gasteiger partial charge is 0.0701 e. The van der Waals surface area contributed by atoms with Crippen molar-refractivity contribution in [1.82, 2.24) is 0 Å². The molecule has 0 aromatic heterocycles. The summed E-state index contributed by atoms with van der Waals surface area (Å²) in [5.74, 6) is 0. The van der Waals surface area contributed by atoms with Crippen LogP contribution in [-0.4, -0.2) is 66.6 Å². The lowest BCUT2D eigenvalue weighted by Crippen LogP contribution is -2.13. The number of rotatable bonds is 19. The molecule has 0 aliphatic carbocycles. The van der Waals surface area contributed by atoms with Crippen molar-refractivity contribution in [1.29, 1.82) is 0 Å². The molecule has 0 fully saturated rings. The van der Waals surface area contributed by atoms with Gasteiger partial charge in [0.1, 0.15) is 0 Å². The zero-order chi connectivity index (χ0) is 24.3. The summed E-state index contributed by atoms with van der Waals surface area (Å²) in [5.41, 5.74) is 3.31. The van der Waals surface area contributed by atoms with E-state index in [4.69, 9.17) is 23.7 Å². The molecule has 6 heteroatoms. The Hall–Kier alpha value is -2.48. The van der Waals surface area contributed by atoms with Crippen molar-refractivity contribution in [3.8, 4) is 0 Å². The van der Waals surface area contributed by atoms with Crippen LogP contribution in [0, 0.1) is 0 Å². The lowest BCUT2D eigenvalue weighted by molar-refractivity contribution is -0.00751. The number of hydrogen-bond donors (Lipinski definition) is 1. The molecular weight excluding hydrogens is 430 g/mol. The number of methoxy groups -OCH3 is 1. The zero-order valence-electron chi connectivity index (χ0n) is 20.6. The first-order valence-corrected chi connectivity index (χ1v) is 11.8. The summed E-state index contributed by atoms with van der Waals surface area (Å²) in [6, 6.07) is 12.7. The van der Waals surface area contributed by atoms with Gasteiger partial charge < -0.3 is 29.0 Å². The Morgan fingerprint density at radius 2 is 1.44 bits per heavy atom. The van der Waals surface area contributed by atoms with Crippen molar-refractivity contribution >= 4 is 16.5 Å². The normalized spacial score (nSPS) is 12.0. The molecule has 1 N–H and O–H groups in total. The SMILES string of the molecule is C=C/C=C(\C=C/C)Nc1c(CCOCCOCCOCCOCCOC)ccc2ccccc12. The van der Waals surface area contributed by atoms with Crippen LogP contribution in [0.1, 0.15) is 12.5 Å². The van der Waals surface area contributed by atoms with Crippen molar-refractivity contribution in [2.24, 2.45) is 0 Å². The van der Waals surface area contributed by atoms with Crippen LogP contribution in [0.25, 0.3) is 10.8 Å². The molecule has 0 heterocycles. The van der Waals surface area contributed by atoms with Gasteiger partial charge in [0.2, 0.25) is 0 Å². The minimum absolute atomic E-state index is 0.545. The summed E-state index contributed by atoms with van der Waals surface area (Å²) in [4.78, 5) is 0. The van der Waals surface area contributed by atoms with Crippen LogP contribution in [0.3, 0.4) is 0 Å². The van der Waals surface area contributed by atoms with Gasteiger partial charge in [-0.2, -0.15) is 0 Å². The van der Waals surface area contributed by atoms with Crippen molar-refractivity contribution < 1.29 is 23.7 Å². The lowest BCUT2D eigenvalue weighted by Gasteiger charge is -2.16. The van der Waals surface area contributed by atoms with Crippen molar-refractivity contribution in [2.45, 2.75) is 13.3 Å². The summed E-state index contributed by atoms with van der Waals surface area (Å²) in [6.07, 6.45) is 8.61. The van der Waals surface area contributed by atoms with E-state index in [1.54, 1.807) is 13.2 Å². The fraction of sp³-hybridized carbons (Fsp3) is 0.429. The molecule has 2 rings (SSSR count). The average molecular weight is 470 g/mol. The van der Waals surface area contributed by atoms with E-state index < -0.39 is 0 Å². The number of benzene rings is 2. The highest BCUT2D eigenvalue weighted by Crippen LogP contribution is 2.29. The molecule has 186 valence electrons. The average Bonchev–Trinajstić information content (AvgIpc) is 2.85. The molecule has 0 spiro atoms. The van der Waals surface area contributed by atoms with Crippen molar-refractivity contribution in [2.75, 3.05) is 71.9 Å². The van der Waals surface area contributed by atoms with Gasteiger partial charge in [0.05, 0.1) is 59.5 Å². The molecule has 0 bridgehead atoms. The maximum atomic E-state index is 5.82. The van der Waals surface area contributed by atoms with Crippen LogP contribution in [-0.2, 0) is 30.1 Å². The Labute approximate surface area is 204 Å². The Balaban J connectivity index is 1.74. The van der Waals surface area contributed by atoms with Gasteiger partial charge >= 0.3 is 0 Å². The second-order valence-electron chi connectivity index (χ2n) is 7.50. The van der Waals surface area contributed by atoms with Crippen molar-refractivity contribution in [3.63, 3.8) is 0 Å². The van der Waals surface area contributed by atoms with Crippen LogP contribution in [0.15, 0.2) is 73.0 Å². The second-order valence-corrected chi connectivity index (χ2v) is 7.50. The molecule has 0 aliphatic rings. The van der Waals surface area contributed by atoms with Crippen LogP contribution in [0.4, 0.5) is 5.69 Å². The standard InChI is InChI=1S/C28H39NO5/c1-4-8-26(9-5-2)29-28-25(13-12-24-10-6-7-11-27(24)28)14-15-31-18-19-33-22-23-34-21-20-32-17-16-30-3/h4-13,29H,1,14-23H2,2-3H3/b9-5-,26-8+. The van der Waals surface area contributed by atoms with Gasteiger partial charge in [0.25, 0.3) is 0 Å². The van der Waals surface area contributed by atoms with Gasteiger partial charge in [-0.3, -0.25) is 0 Å². The van der Waals surface area contributed by atoms with E-state index in [-0.39, 0.29) is 0 Å². The summed E-state index contributed by atoms with van der Waals surface area (Å²) >= 11 is 0. The zero-order valence-corrected chi connectivity index (χ0v) is 20.6. The summed E-state index contributed by atoms with van der Waals surface area (Å²) in [6.45, 7) is 11.0. The highest BCUT2D eigenvalue weighted by atomic mass is 16.6. The fourth-order valence-electron chi connectivity index (χ4n) is 3.35. The third kappa shape index (κ3) is 10.6. The summed E-state index contributed by atoms with van der Waals surface area (Å²) in [7, 11) is 1.66. The Morgan fingerprint density at radius 3 is 2.06 bits per heavy atom. The van der Waals surface area contributed by atoms with Crippen LogP contribution in [0.2, 0.25) is 0 Å². The lowest BCUT2D eigenvalue weighted by atomic mass is 10.0. The van der Waals surface area contributed by atoms with Crippen LogP contribution >= 0.6 is 0 Å². The molecule has 0 unspecified atom stereocenters. The summed E-state index contributed by atoms with van der Waals surface area (Å²) in [5, 5.41) is 5.97. The molecule has 0 aliphatic heterocycles. The number of fused-ring (bicyclic) bond motifs is 1. The molecule has 0 atom stereocenters. The van der Waals surface area contributed by atoms with E-state index >= 15 is 0 Å². The predicted octanol–water partition coefficient (Wildman–Crippen LogP) is 5.15. The van der Waals surface area contributed by atoms with Crippen molar-refractivity contribution in [3.05, 3.63) is 78.5 Å². The van der Waals surface area contributed by atoms with E-state index in [9.17, 15) is 0 Å². The molecule has 34 heavy (non-hydrogen) atoms. The van der Waals surface area contributed by atoms with Gasteiger partial charge in [-0.05, 0) is 36.4 Å². The quantitative estimate of drug-likeness (QED) is 0.227. The highest BCUT2D eigenvalue weighted by Gasteiger charge is 2.08. The largest absolute Gasteiger partial charge is 0.382 e. The molecular formula is C28H39NO5. The first-order chi connectivity index (χ1) is 16.8. The third-order valence-corrected chi connectivity index (χ3v) is 4.99. The molecule has 6 nitrogen and oxygen atoms in total. The molecule has 0 saturated heterocycles. The Morgan fingerprint density at radius 1 is 0.824 bits per heavy atom. The minimum Gasteiger partial charge on any atom is -0.382 e. The first kappa shape index (κ1) is 27.8. The van der Waals surface area contributed by atoms with E-state index in [1.807, 2.05) is 25.2 Å². The number of hydrogen-bond acceptors (Lipinski definition) is 6. The molecule has 2 aromatic rings. The highest BCUT2D eigenvalue weighted by molar-refractivity contribution is 5.96. The second kappa shape index (κ2) is 17.9. The number of nitrogens with one attached hydrogen (secondary N) is 1. The third-order valence-electron chi connectivity index (χ3n) is 4.99. The molecule has 2 aromatic carbocycles. The van der Waals surface area contributed by atoms with Crippen LogP contribution in [0.5, 0.6) is 0 Å². The topological polar surface area (TPSA) is 58.2 Å². The van der Waals surface area contributed by atoms with Gasteiger partial charge in [0, 0.05) is 23.9 Å². The van der Waals surface area contributed by atoms with Gasteiger partial charge in [-0.15, -0.1) is 0 Å². The van der Waals surface area contributed by atoms with Gasteiger partial charge in [0.15, 0.2) is 0 Å². The maximum Gasteiger partial charge on any atom is 0.0701 e. The monoisotopic (exact) mass is 469 g/mol. The molecule has 0 saturated carbocycles. The number of ether oxygens (including phenoxy) is 5. The van der Waals surface area contributed by atoms with Gasteiger partial charge in [-0.1, -0.05) is 55.1 Å². The fourth-order valence-corrected chi connectivity index (χ4v) is 3.35. The Kier molecular flexibility index (Phi) is 14.6. The first-order valence-electron chi connectivity index (χ1n) is 11.8. The van der Waals surface area contributed by atoms with E-state index in [2.05, 4.69) is 48.3 Å². The van der Waals surface area contributed by atoms with Crippen LogP contribution < -0.4 is 5.32 Å². The minimum atomic E-state index is 0.545. The molecule has 0 radical (unpaired) electrons. The predicted molar refractivity (Wildman–Crippen MR) is 140 cm³/mol. The van der Waals surface area contributed by atoms with E-state index in [1.165, 1.54) is 16.3 Å². The maximum absolute atomic E-state index is 5.82. The Bertz CT molecular complexity index is 893. The molecule has 0 amide bonds. The number of anilines is 1. The van der Waals surface area contributed by atoms with E-state index in [0.717, 1.165) is 17.8 Å². The summed E-state index contributed by atoms with van der Waals surface area (Å²) < 4.78 is 27.1. The van der Waals surface area contributed by atoms with E-state index in [0.29, 0.717) is 59.5 Å². The number of allylic oxidation sites excluding steroid dienone is 4. The van der Waals surface area contributed by atoms with Gasteiger partial charge in [-0.25, -0.2) is 0 Å².